The number of amides is 1. The van der Waals surface area contributed by atoms with Crippen LogP contribution >= 0.6 is 11.3 Å². The number of ether oxygens (including phenoxy) is 1. The highest BCUT2D eigenvalue weighted by Crippen LogP contribution is 2.32. The number of para-hydroxylation sites is 1. The second-order valence-corrected chi connectivity index (χ2v) is 7.44. The van der Waals surface area contributed by atoms with E-state index in [9.17, 15) is 4.79 Å². The lowest BCUT2D eigenvalue weighted by Crippen LogP contribution is -2.12. The van der Waals surface area contributed by atoms with Crippen LogP contribution in [-0.2, 0) is 0 Å². The van der Waals surface area contributed by atoms with Crippen LogP contribution in [0.5, 0.6) is 5.75 Å². The molecule has 0 aliphatic carbocycles. The van der Waals surface area contributed by atoms with E-state index in [0.717, 1.165) is 34.1 Å². The number of carbonyl (C=O) groups excluding carboxylic acids is 1. The Kier molecular flexibility index (Phi) is 5.14. The molecule has 0 aliphatic heterocycles. The van der Waals surface area contributed by atoms with Crippen molar-refractivity contribution >= 4 is 22.4 Å². The number of aryl methyl sites for hydroxylation is 2. The van der Waals surface area contributed by atoms with Crippen molar-refractivity contribution in [1.82, 2.24) is 14.8 Å². The fourth-order valence-electron chi connectivity index (χ4n) is 3.12. The number of rotatable bonds is 5. The average Bonchev–Trinajstić information content (AvgIpc) is 3.33. The number of carbonyl (C=O) groups is 1. The van der Waals surface area contributed by atoms with E-state index in [1.165, 1.54) is 11.3 Å². The first-order valence-corrected chi connectivity index (χ1v) is 9.97. The molecule has 0 fully saturated rings. The van der Waals surface area contributed by atoms with E-state index in [2.05, 4.69) is 15.4 Å². The van der Waals surface area contributed by atoms with E-state index in [1.807, 2.05) is 66.4 Å². The fourth-order valence-corrected chi connectivity index (χ4v) is 3.83. The van der Waals surface area contributed by atoms with Crippen molar-refractivity contribution < 1.29 is 9.53 Å². The molecule has 1 N–H and O–H groups in total. The topological polar surface area (TPSA) is 69.0 Å². The summed E-state index contributed by atoms with van der Waals surface area (Å²) in [5, 5.41) is 9.77. The number of nitrogens with zero attached hydrogens (tertiary/aromatic N) is 3. The monoisotopic (exact) mass is 404 g/mol. The zero-order valence-electron chi connectivity index (χ0n) is 16.3. The molecule has 4 rings (SSSR count). The standard InChI is InChI=1S/C22H20N4O2S/c1-14-12-15(2)26(25-14)17-10-8-16(9-11-17)21(27)24-22-23-19(13-29-22)18-6-4-5-7-20(18)28-3/h4-13H,1-3H3,(H,23,24,27). The van der Waals surface area contributed by atoms with Gasteiger partial charge in [-0.05, 0) is 56.3 Å². The summed E-state index contributed by atoms with van der Waals surface area (Å²) in [6.07, 6.45) is 0. The number of anilines is 1. The van der Waals surface area contributed by atoms with Gasteiger partial charge in [-0.25, -0.2) is 9.67 Å². The van der Waals surface area contributed by atoms with E-state index >= 15 is 0 Å². The number of hydrogen-bond donors (Lipinski definition) is 1. The molecule has 7 heteroatoms. The van der Waals surface area contributed by atoms with Crippen molar-refractivity contribution in [3.05, 3.63) is 76.9 Å². The van der Waals surface area contributed by atoms with Crippen molar-refractivity contribution in [2.24, 2.45) is 0 Å². The number of methoxy groups -OCH3 is 1. The number of thiazole rings is 1. The summed E-state index contributed by atoms with van der Waals surface area (Å²) in [5.74, 6) is 0.543. The molecule has 0 aliphatic rings. The molecule has 29 heavy (non-hydrogen) atoms. The maximum Gasteiger partial charge on any atom is 0.257 e. The predicted molar refractivity (Wildman–Crippen MR) is 115 cm³/mol. The summed E-state index contributed by atoms with van der Waals surface area (Å²) in [7, 11) is 1.63. The number of hydrogen-bond acceptors (Lipinski definition) is 5. The fraction of sp³-hybridized carbons (Fsp3) is 0.136. The van der Waals surface area contributed by atoms with Gasteiger partial charge in [0.1, 0.15) is 5.75 Å². The first-order valence-electron chi connectivity index (χ1n) is 9.09. The molecule has 2 aromatic carbocycles. The van der Waals surface area contributed by atoms with Crippen LogP contribution < -0.4 is 10.1 Å². The first kappa shape index (κ1) is 18.9. The molecule has 1 amide bonds. The van der Waals surface area contributed by atoms with E-state index < -0.39 is 0 Å². The molecule has 6 nitrogen and oxygen atoms in total. The van der Waals surface area contributed by atoms with Gasteiger partial charge in [-0.1, -0.05) is 12.1 Å². The zero-order chi connectivity index (χ0) is 20.4. The van der Waals surface area contributed by atoms with Crippen LogP contribution in [-0.4, -0.2) is 27.8 Å². The molecule has 2 aromatic heterocycles. The smallest absolute Gasteiger partial charge is 0.257 e. The first-order chi connectivity index (χ1) is 14.0. The Morgan fingerprint density at radius 2 is 1.86 bits per heavy atom. The van der Waals surface area contributed by atoms with Gasteiger partial charge in [0, 0.05) is 22.2 Å². The molecule has 0 bridgehead atoms. The van der Waals surface area contributed by atoms with Crippen LogP contribution in [0.25, 0.3) is 16.9 Å². The highest BCUT2D eigenvalue weighted by atomic mass is 32.1. The summed E-state index contributed by atoms with van der Waals surface area (Å²) in [4.78, 5) is 17.1. The van der Waals surface area contributed by atoms with Gasteiger partial charge in [0.2, 0.25) is 0 Å². The molecular formula is C22H20N4O2S. The van der Waals surface area contributed by atoms with Crippen molar-refractivity contribution in [2.75, 3.05) is 12.4 Å². The predicted octanol–water partition coefficient (Wildman–Crippen LogP) is 4.87. The number of aromatic nitrogens is 3. The zero-order valence-corrected chi connectivity index (χ0v) is 17.2. The van der Waals surface area contributed by atoms with Gasteiger partial charge < -0.3 is 4.74 Å². The third-order valence-corrected chi connectivity index (χ3v) is 5.25. The van der Waals surface area contributed by atoms with Crippen LogP contribution in [0.15, 0.2) is 60.0 Å². The lowest BCUT2D eigenvalue weighted by molar-refractivity contribution is 0.102. The van der Waals surface area contributed by atoms with E-state index in [0.29, 0.717) is 10.7 Å². The van der Waals surface area contributed by atoms with Crippen molar-refractivity contribution in [3.8, 4) is 22.7 Å². The third kappa shape index (κ3) is 3.90. The summed E-state index contributed by atoms with van der Waals surface area (Å²) in [6.45, 7) is 3.96. The molecular weight excluding hydrogens is 384 g/mol. The Bertz CT molecular complexity index is 1160. The minimum atomic E-state index is -0.203. The minimum absolute atomic E-state index is 0.203. The lowest BCUT2D eigenvalue weighted by atomic mass is 10.1. The molecule has 2 heterocycles. The summed E-state index contributed by atoms with van der Waals surface area (Å²) in [5.41, 5.74) is 5.14. The van der Waals surface area contributed by atoms with E-state index in [1.54, 1.807) is 19.2 Å². The van der Waals surface area contributed by atoms with Crippen LogP contribution in [0.4, 0.5) is 5.13 Å². The van der Waals surface area contributed by atoms with Gasteiger partial charge in [0.05, 0.1) is 24.2 Å². The maximum absolute atomic E-state index is 12.6. The molecule has 0 radical (unpaired) electrons. The van der Waals surface area contributed by atoms with Crippen LogP contribution in [0, 0.1) is 13.8 Å². The summed E-state index contributed by atoms with van der Waals surface area (Å²) < 4.78 is 7.25. The maximum atomic E-state index is 12.6. The Balaban J connectivity index is 1.50. The van der Waals surface area contributed by atoms with Gasteiger partial charge >= 0.3 is 0 Å². The third-order valence-electron chi connectivity index (χ3n) is 4.49. The Hall–Kier alpha value is -3.45. The Morgan fingerprint density at radius 3 is 2.55 bits per heavy atom. The molecule has 0 atom stereocenters. The number of nitrogens with one attached hydrogen (secondary N) is 1. The van der Waals surface area contributed by atoms with E-state index in [4.69, 9.17) is 4.74 Å². The summed E-state index contributed by atoms with van der Waals surface area (Å²) in [6, 6.07) is 17.0. The molecule has 4 aromatic rings. The minimum Gasteiger partial charge on any atom is -0.496 e. The summed E-state index contributed by atoms with van der Waals surface area (Å²) >= 11 is 1.38. The van der Waals surface area contributed by atoms with Gasteiger partial charge in [-0.15, -0.1) is 11.3 Å². The normalized spacial score (nSPS) is 10.7. The Labute approximate surface area is 172 Å². The molecule has 146 valence electrons. The second kappa shape index (κ2) is 7.89. The van der Waals surface area contributed by atoms with Crippen LogP contribution in [0.1, 0.15) is 21.7 Å². The second-order valence-electron chi connectivity index (χ2n) is 6.58. The lowest BCUT2D eigenvalue weighted by Gasteiger charge is -2.06. The highest BCUT2D eigenvalue weighted by molar-refractivity contribution is 7.14. The number of benzene rings is 2. The Morgan fingerprint density at radius 1 is 1.10 bits per heavy atom. The van der Waals surface area contributed by atoms with Gasteiger partial charge in [-0.3, -0.25) is 10.1 Å². The van der Waals surface area contributed by atoms with Crippen LogP contribution in [0.3, 0.4) is 0 Å². The molecule has 0 saturated carbocycles. The molecule has 0 unspecified atom stereocenters. The van der Waals surface area contributed by atoms with Crippen molar-refractivity contribution in [3.63, 3.8) is 0 Å². The van der Waals surface area contributed by atoms with Gasteiger partial charge in [0.25, 0.3) is 5.91 Å². The SMILES string of the molecule is COc1ccccc1-c1csc(NC(=O)c2ccc(-n3nc(C)cc3C)cc2)n1. The van der Waals surface area contributed by atoms with E-state index in [-0.39, 0.29) is 5.91 Å². The largest absolute Gasteiger partial charge is 0.496 e. The average molecular weight is 404 g/mol. The quantitative estimate of drug-likeness (QED) is 0.515. The molecule has 0 spiro atoms. The highest BCUT2D eigenvalue weighted by Gasteiger charge is 2.13. The van der Waals surface area contributed by atoms with Gasteiger partial charge in [0.15, 0.2) is 5.13 Å². The van der Waals surface area contributed by atoms with Crippen LogP contribution in [0.2, 0.25) is 0 Å². The van der Waals surface area contributed by atoms with Gasteiger partial charge in [-0.2, -0.15) is 5.10 Å². The molecule has 0 saturated heterocycles. The van der Waals surface area contributed by atoms with Crippen molar-refractivity contribution in [2.45, 2.75) is 13.8 Å². The van der Waals surface area contributed by atoms with Crippen molar-refractivity contribution in [1.29, 1.82) is 0 Å².